The fraction of sp³-hybridized carbons (Fsp3) is 0.200. The molecule has 0 aromatic heterocycles. The van der Waals surface area contributed by atoms with Gasteiger partial charge in [-0.25, -0.2) is 4.79 Å². The maximum absolute atomic E-state index is 10.0. The molecule has 0 aliphatic heterocycles. The molecule has 0 aromatic rings. The van der Waals surface area contributed by atoms with E-state index in [2.05, 4.69) is 12.6 Å². The van der Waals surface area contributed by atoms with Crippen LogP contribution in [-0.2, 0) is 9.59 Å². The van der Waals surface area contributed by atoms with Crippen LogP contribution >= 0.6 is 24.2 Å². The van der Waals surface area contributed by atoms with E-state index in [-0.39, 0.29) is 0 Å². The van der Waals surface area contributed by atoms with E-state index < -0.39 is 16.3 Å². The lowest BCUT2D eigenvalue weighted by Gasteiger charge is -1.92. The van der Waals surface area contributed by atoms with E-state index in [9.17, 15) is 9.59 Å². The number of aliphatic carboxylic acids is 1. The first-order valence-corrected chi connectivity index (χ1v) is 3.21. The topological polar surface area (TPSA) is 54.4 Å². The van der Waals surface area contributed by atoms with E-state index in [1.54, 1.807) is 0 Å². The smallest absolute Gasteiger partial charge is 0.347 e. The number of rotatable bonds is 3. The van der Waals surface area contributed by atoms with Crippen LogP contribution in [-0.4, -0.2) is 22.6 Å². The van der Waals surface area contributed by atoms with Gasteiger partial charge in [0, 0.05) is 0 Å². The van der Waals surface area contributed by atoms with E-state index in [4.69, 9.17) is 16.7 Å². The minimum absolute atomic E-state index is 0.396. The quantitative estimate of drug-likeness (QED) is 0.382. The monoisotopic (exact) mass is 180 g/mol. The van der Waals surface area contributed by atoms with Crippen LogP contribution in [0, 0.1) is 0 Å². The van der Waals surface area contributed by atoms with Gasteiger partial charge in [0.05, 0.1) is 5.25 Å². The van der Waals surface area contributed by atoms with Gasteiger partial charge in [0.2, 0.25) is 0 Å². The molecule has 1 N–H and O–H groups in total. The summed E-state index contributed by atoms with van der Waals surface area (Å²) in [5.41, 5.74) is 0. The second-order valence-electron chi connectivity index (χ2n) is 1.45. The van der Waals surface area contributed by atoms with Crippen LogP contribution in [0.4, 0.5) is 0 Å². The SMILES string of the molecule is O=CC(S)C=C(Cl)C(=O)O. The van der Waals surface area contributed by atoms with Crippen molar-refractivity contribution in [2.24, 2.45) is 0 Å². The standard InChI is InChI=1S/C5H5ClO3S/c6-4(5(8)9)1-3(10)2-7/h1-3,10H,(H,8,9). The molecule has 0 aliphatic rings. The molecule has 3 nitrogen and oxygen atoms in total. The fourth-order valence-electron chi connectivity index (χ4n) is 0.260. The number of carboxylic acid groups (broad SMARTS) is 1. The Morgan fingerprint density at radius 2 is 2.20 bits per heavy atom. The fourth-order valence-corrected chi connectivity index (χ4v) is 0.633. The Morgan fingerprint density at radius 1 is 1.70 bits per heavy atom. The first-order valence-electron chi connectivity index (χ1n) is 2.32. The molecule has 5 heteroatoms. The first-order chi connectivity index (χ1) is 4.57. The maximum atomic E-state index is 10.0. The number of hydrogen-bond donors (Lipinski definition) is 2. The predicted octanol–water partition coefficient (Wildman–Crippen LogP) is 0.691. The highest BCUT2D eigenvalue weighted by atomic mass is 35.5. The summed E-state index contributed by atoms with van der Waals surface area (Å²) in [4.78, 5) is 19.9. The van der Waals surface area contributed by atoms with Crippen molar-refractivity contribution >= 4 is 36.5 Å². The molecule has 0 radical (unpaired) electrons. The molecular formula is C5H5ClO3S. The Balaban J connectivity index is 4.15. The van der Waals surface area contributed by atoms with Gasteiger partial charge in [-0.2, -0.15) is 12.6 Å². The highest BCUT2D eigenvalue weighted by Gasteiger charge is 2.04. The number of hydrogen-bond acceptors (Lipinski definition) is 3. The Bertz CT molecular complexity index is 178. The summed E-state index contributed by atoms with van der Waals surface area (Å²) >= 11 is 8.81. The molecule has 0 rings (SSSR count). The average Bonchev–Trinajstić information content (AvgIpc) is 1.87. The molecule has 10 heavy (non-hydrogen) atoms. The lowest BCUT2D eigenvalue weighted by molar-refractivity contribution is -0.131. The normalized spacial score (nSPS) is 14.4. The van der Waals surface area contributed by atoms with Gasteiger partial charge in [-0.3, -0.25) is 0 Å². The van der Waals surface area contributed by atoms with Crippen LogP contribution in [0.5, 0.6) is 0 Å². The van der Waals surface area contributed by atoms with E-state index in [0.29, 0.717) is 6.29 Å². The van der Waals surface area contributed by atoms with E-state index in [1.807, 2.05) is 0 Å². The van der Waals surface area contributed by atoms with Crippen molar-refractivity contribution in [2.75, 3.05) is 0 Å². The Hall–Kier alpha value is -0.480. The molecule has 0 amide bonds. The molecule has 0 heterocycles. The lowest BCUT2D eigenvalue weighted by Crippen LogP contribution is -2.00. The van der Waals surface area contributed by atoms with Gasteiger partial charge < -0.3 is 9.90 Å². The van der Waals surface area contributed by atoms with Gasteiger partial charge in [0.1, 0.15) is 11.3 Å². The van der Waals surface area contributed by atoms with Crippen molar-refractivity contribution < 1.29 is 14.7 Å². The summed E-state index contributed by atoms with van der Waals surface area (Å²) in [6, 6.07) is 0. The van der Waals surface area contributed by atoms with Crippen LogP contribution in [0.25, 0.3) is 0 Å². The molecule has 0 saturated heterocycles. The third-order valence-electron chi connectivity index (χ3n) is 0.661. The number of halogens is 1. The third-order valence-corrected chi connectivity index (χ3v) is 1.22. The van der Waals surface area contributed by atoms with Crippen LogP contribution in [0.1, 0.15) is 0 Å². The first kappa shape index (κ1) is 9.52. The summed E-state index contributed by atoms with van der Waals surface area (Å²) in [6.45, 7) is 0. The van der Waals surface area contributed by atoms with Gasteiger partial charge in [-0.05, 0) is 6.08 Å². The molecule has 0 saturated carbocycles. The lowest BCUT2D eigenvalue weighted by atomic mass is 10.4. The highest BCUT2D eigenvalue weighted by molar-refractivity contribution is 7.81. The maximum Gasteiger partial charge on any atom is 0.347 e. The predicted molar refractivity (Wildman–Crippen MR) is 40.4 cm³/mol. The zero-order chi connectivity index (χ0) is 8.15. The number of aldehydes is 1. The number of carbonyl (C=O) groups excluding carboxylic acids is 1. The highest BCUT2D eigenvalue weighted by Crippen LogP contribution is 2.04. The van der Waals surface area contributed by atoms with Crippen LogP contribution < -0.4 is 0 Å². The summed E-state index contributed by atoms with van der Waals surface area (Å²) in [5, 5.41) is 7.03. The third kappa shape index (κ3) is 3.53. The van der Waals surface area contributed by atoms with E-state index in [1.165, 1.54) is 0 Å². The minimum atomic E-state index is -1.26. The van der Waals surface area contributed by atoms with E-state index in [0.717, 1.165) is 6.08 Å². The van der Waals surface area contributed by atoms with Crippen molar-refractivity contribution in [3.63, 3.8) is 0 Å². The largest absolute Gasteiger partial charge is 0.477 e. The summed E-state index contributed by atoms with van der Waals surface area (Å²) < 4.78 is 0. The van der Waals surface area contributed by atoms with Gasteiger partial charge >= 0.3 is 5.97 Å². The molecule has 56 valence electrons. The molecule has 1 unspecified atom stereocenters. The summed E-state index contributed by atoms with van der Waals surface area (Å²) in [6.07, 6.45) is 1.52. The van der Waals surface area contributed by atoms with Gasteiger partial charge in [0.25, 0.3) is 0 Å². The zero-order valence-electron chi connectivity index (χ0n) is 4.82. The molecule has 0 aromatic carbocycles. The number of carboxylic acids is 1. The van der Waals surface area contributed by atoms with Crippen molar-refractivity contribution in [3.05, 3.63) is 11.1 Å². The van der Waals surface area contributed by atoms with Crippen molar-refractivity contribution in [1.82, 2.24) is 0 Å². The molecule has 0 spiro atoms. The van der Waals surface area contributed by atoms with Crippen LogP contribution in [0.15, 0.2) is 11.1 Å². The van der Waals surface area contributed by atoms with E-state index >= 15 is 0 Å². The second kappa shape index (κ2) is 4.35. The molecule has 0 bridgehead atoms. The average molecular weight is 181 g/mol. The Kier molecular flexibility index (Phi) is 4.14. The molecule has 1 atom stereocenters. The Labute approximate surface area is 68.1 Å². The number of thiol groups is 1. The number of carbonyl (C=O) groups is 2. The summed E-state index contributed by atoms with van der Waals surface area (Å²) in [7, 11) is 0. The van der Waals surface area contributed by atoms with Gasteiger partial charge in [-0.1, -0.05) is 11.6 Å². The van der Waals surface area contributed by atoms with Gasteiger partial charge in [-0.15, -0.1) is 0 Å². The van der Waals surface area contributed by atoms with Crippen LogP contribution in [0.3, 0.4) is 0 Å². The van der Waals surface area contributed by atoms with Crippen molar-refractivity contribution in [2.45, 2.75) is 5.25 Å². The minimum Gasteiger partial charge on any atom is -0.477 e. The second-order valence-corrected chi connectivity index (χ2v) is 2.45. The Morgan fingerprint density at radius 3 is 2.50 bits per heavy atom. The van der Waals surface area contributed by atoms with Crippen molar-refractivity contribution in [1.29, 1.82) is 0 Å². The van der Waals surface area contributed by atoms with Crippen LogP contribution in [0.2, 0.25) is 0 Å². The molecular weight excluding hydrogens is 176 g/mol. The zero-order valence-corrected chi connectivity index (χ0v) is 6.47. The summed E-state index contributed by atoms with van der Waals surface area (Å²) in [5.74, 6) is -1.26. The molecule has 0 fully saturated rings. The van der Waals surface area contributed by atoms with Crippen molar-refractivity contribution in [3.8, 4) is 0 Å². The molecule has 0 aliphatic carbocycles. The van der Waals surface area contributed by atoms with Gasteiger partial charge in [0.15, 0.2) is 0 Å².